The number of hydrogen-bond acceptors (Lipinski definition) is 2. The molecule has 0 radical (unpaired) electrons. The van der Waals surface area contributed by atoms with E-state index in [0.29, 0.717) is 18.3 Å². The molecule has 118 valence electrons. The second-order valence-corrected chi connectivity index (χ2v) is 5.63. The molecule has 1 aromatic heterocycles. The van der Waals surface area contributed by atoms with Crippen molar-refractivity contribution in [3.63, 3.8) is 0 Å². The van der Waals surface area contributed by atoms with Crippen LogP contribution in [0.15, 0.2) is 36.7 Å². The number of nitrogens with one attached hydrogen (secondary N) is 2. The summed E-state index contributed by atoms with van der Waals surface area (Å²) in [6.45, 7) is 4.63. The number of carbonyl (C=O) groups is 1. The summed E-state index contributed by atoms with van der Waals surface area (Å²) in [7, 11) is 1.85. The van der Waals surface area contributed by atoms with Crippen LogP contribution < -0.4 is 10.6 Å². The fourth-order valence-electron chi connectivity index (χ4n) is 2.09. The molecule has 1 unspecified atom stereocenters. The highest BCUT2D eigenvalue weighted by molar-refractivity contribution is 5.74. The number of carbonyl (C=O) groups excluding carboxylic acids is 1. The lowest BCUT2D eigenvalue weighted by molar-refractivity contribution is 0.237. The highest BCUT2D eigenvalue weighted by Crippen LogP contribution is 2.20. The maximum absolute atomic E-state index is 13.1. The third-order valence-electron chi connectivity index (χ3n) is 3.27. The van der Waals surface area contributed by atoms with Crippen LogP contribution in [0.1, 0.15) is 31.3 Å². The molecular weight excluding hydrogens is 283 g/mol. The summed E-state index contributed by atoms with van der Waals surface area (Å²) in [6, 6.07) is 5.34. The summed E-state index contributed by atoms with van der Waals surface area (Å²) in [5.74, 6) is 0.737. The number of aromatic nitrogens is 2. The van der Waals surface area contributed by atoms with Crippen LogP contribution in [0.25, 0.3) is 0 Å². The second-order valence-electron chi connectivity index (χ2n) is 5.63. The van der Waals surface area contributed by atoms with Gasteiger partial charge >= 0.3 is 6.03 Å². The lowest BCUT2D eigenvalue weighted by Gasteiger charge is -2.20. The Balaban J connectivity index is 2.21. The number of urea groups is 1. The van der Waals surface area contributed by atoms with E-state index in [1.54, 1.807) is 24.5 Å². The first-order valence-corrected chi connectivity index (χ1v) is 7.24. The Morgan fingerprint density at radius 3 is 2.55 bits per heavy atom. The quantitative estimate of drug-likeness (QED) is 0.892. The molecule has 0 aliphatic heterocycles. The zero-order chi connectivity index (χ0) is 16.1. The van der Waals surface area contributed by atoms with Gasteiger partial charge in [-0.1, -0.05) is 26.0 Å². The van der Waals surface area contributed by atoms with Crippen LogP contribution in [-0.4, -0.2) is 22.1 Å². The minimum atomic E-state index is -0.437. The van der Waals surface area contributed by atoms with Crippen molar-refractivity contribution in [2.24, 2.45) is 13.0 Å². The number of aryl methyl sites for hydroxylation is 1. The van der Waals surface area contributed by atoms with Gasteiger partial charge in [-0.15, -0.1) is 0 Å². The average Bonchev–Trinajstić information content (AvgIpc) is 2.90. The molecular formula is C16H21FN4O. The first-order chi connectivity index (χ1) is 10.5. The van der Waals surface area contributed by atoms with Crippen molar-refractivity contribution >= 4 is 6.03 Å². The maximum Gasteiger partial charge on any atom is 0.315 e. The molecule has 0 aliphatic rings. The molecule has 6 heteroatoms. The Hall–Kier alpha value is -2.37. The number of amides is 2. The maximum atomic E-state index is 13.1. The van der Waals surface area contributed by atoms with E-state index in [-0.39, 0.29) is 11.8 Å². The molecule has 1 aromatic carbocycles. The van der Waals surface area contributed by atoms with E-state index >= 15 is 0 Å². The van der Waals surface area contributed by atoms with Gasteiger partial charge in [0.15, 0.2) is 0 Å². The number of halogens is 1. The first-order valence-electron chi connectivity index (χ1n) is 7.24. The Morgan fingerprint density at radius 1 is 1.32 bits per heavy atom. The van der Waals surface area contributed by atoms with Crippen molar-refractivity contribution < 1.29 is 9.18 Å². The highest BCUT2D eigenvalue weighted by atomic mass is 19.1. The number of imidazole rings is 1. The third kappa shape index (κ3) is 4.07. The molecule has 0 fully saturated rings. The monoisotopic (exact) mass is 304 g/mol. The molecule has 2 aromatic rings. The molecule has 22 heavy (non-hydrogen) atoms. The molecule has 0 spiro atoms. The summed E-state index contributed by atoms with van der Waals surface area (Å²) in [5.41, 5.74) is 0.774. The van der Waals surface area contributed by atoms with Crippen LogP contribution in [0.2, 0.25) is 0 Å². The van der Waals surface area contributed by atoms with Crippen molar-refractivity contribution in [3.05, 3.63) is 53.9 Å². The van der Waals surface area contributed by atoms with Crippen molar-refractivity contribution in [1.29, 1.82) is 0 Å². The Labute approximate surface area is 129 Å². The molecule has 2 rings (SSSR count). The summed E-state index contributed by atoms with van der Waals surface area (Å²) in [6.07, 6.45) is 3.47. The van der Waals surface area contributed by atoms with Gasteiger partial charge in [-0.05, 0) is 23.6 Å². The standard InChI is InChI=1S/C16H21FN4O/c1-11(2)10-19-16(22)20-14(15-18-8-9-21(15)3)12-4-6-13(17)7-5-12/h4-9,11,14H,10H2,1-3H3,(H2,19,20,22). The van der Waals surface area contributed by atoms with E-state index in [9.17, 15) is 9.18 Å². The molecule has 1 atom stereocenters. The lowest BCUT2D eigenvalue weighted by Crippen LogP contribution is -2.40. The van der Waals surface area contributed by atoms with Crippen LogP contribution in [0.3, 0.4) is 0 Å². The molecule has 5 nitrogen and oxygen atoms in total. The summed E-state index contributed by atoms with van der Waals surface area (Å²) in [4.78, 5) is 16.4. The van der Waals surface area contributed by atoms with E-state index in [4.69, 9.17) is 0 Å². The van der Waals surface area contributed by atoms with Crippen molar-refractivity contribution in [3.8, 4) is 0 Å². The lowest BCUT2D eigenvalue weighted by atomic mass is 10.1. The SMILES string of the molecule is CC(C)CNC(=O)NC(c1ccc(F)cc1)c1nccn1C. The second kappa shape index (κ2) is 7.06. The number of hydrogen-bond donors (Lipinski definition) is 2. The summed E-state index contributed by atoms with van der Waals surface area (Å²) < 4.78 is 15.0. The molecule has 0 bridgehead atoms. The van der Waals surface area contributed by atoms with Crippen molar-refractivity contribution in [2.45, 2.75) is 19.9 Å². The zero-order valence-corrected chi connectivity index (χ0v) is 13.0. The van der Waals surface area contributed by atoms with E-state index in [1.165, 1.54) is 12.1 Å². The Bertz CT molecular complexity index is 621. The highest BCUT2D eigenvalue weighted by Gasteiger charge is 2.20. The fourth-order valence-corrected chi connectivity index (χ4v) is 2.09. The molecule has 0 saturated heterocycles. The minimum absolute atomic E-state index is 0.272. The molecule has 1 heterocycles. The normalized spacial score (nSPS) is 12.2. The van der Waals surface area contributed by atoms with Gasteiger partial charge in [-0.3, -0.25) is 0 Å². The van der Waals surface area contributed by atoms with E-state index in [2.05, 4.69) is 15.6 Å². The summed E-state index contributed by atoms with van der Waals surface area (Å²) in [5, 5.41) is 5.71. The minimum Gasteiger partial charge on any atom is -0.338 e. The molecule has 0 saturated carbocycles. The van der Waals surface area contributed by atoms with Gasteiger partial charge < -0.3 is 15.2 Å². The Morgan fingerprint density at radius 2 is 2.00 bits per heavy atom. The smallest absolute Gasteiger partial charge is 0.315 e. The predicted octanol–water partition coefficient (Wildman–Crippen LogP) is 2.60. The molecule has 2 N–H and O–H groups in total. The first kappa shape index (κ1) is 16.0. The van der Waals surface area contributed by atoms with Gasteiger partial charge in [0.2, 0.25) is 0 Å². The van der Waals surface area contributed by atoms with Crippen LogP contribution in [0.5, 0.6) is 0 Å². The van der Waals surface area contributed by atoms with Crippen LogP contribution in [0.4, 0.5) is 9.18 Å². The van der Waals surface area contributed by atoms with Crippen LogP contribution in [-0.2, 0) is 7.05 Å². The van der Waals surface area contributed by atoms with Crippen molar-refractivity contribution in [1.82, 2.24) is 20.2 Å². The van der Waals surface area contributed by atoms with Crippen LogP contribution in [0, 0.1) is 11.7 Å². The van der Waals surface area contributed by atoms with E-state index in [0.717, 1.165) is 5.56 Å². The van der Waals surface area contributed by atoms with Gasteiger partial charge in [0.1, 0.15) is 17.7 Å². The van der Waals surface area contributed by atoms with Gasteiger partial charge in [-0.25, -0.2) is 14.2 Å². The van der Waals surface area contributed by atoms with E-state index < -0.39 is 6.04 Å². The molecule has 2 amide bonds. The fraction of sp³-hybridized carbons (Fsp3) is 0.375. The largest absolute Gasteiger partial charge is 0.338 e. The number of rotatable bonds is 5. The Kier molecular flexibility index (Phi) is 5.14. The molecule has 0 aliphatic carbocycles. The van der Waals surface area contributed by atoms with Crippen LogP contribution >= 0.6 is 0 Å². The van der Waals surface area contributed by atoms with Gasteiger partial charge in [0.25, 0.3) is 0 Å². The van der Waals surface area contributed by atoms with Gasteiger partial charge in [-0.2, -0.15) is 0 Å². The van der Waals surface area contributed by atoms with Gasteiger partial charge in [0, 0.05) is 26.0 Å². The topological polar surface area (TPSA) is 59.0 Å². The zero-order valence-electron chi connectivity index (χ0n) is 13.0. The van der Waals surface area contributed by atoms with Crippen molar-refractivity contribution in [2.75, 3.05) is 6.54 Å². The summed E-state index contributed by atoms with van der Waals surface area (Å²) >= 11 is 0. The van der Waals surface area contributed by atoms with E-state index in [1.807, 2.05) is 25.5 Å². The number of benzene rings is 1. The third-order valence-corrected chi connectivity index (χ3v) is 3.27. The predicted molar refractivity (Wildman–Crippen MR) is 82.8 cm³/mol. The number of nitrogens with zero attached hydrogens (tertiary/aromatic N) is 2. The average molecular weight is 304 g/mol. The van der Waals surface area contributed by atoms with Gasteiger partial charge in [0.05, 0.1) is 0 Å².